The Kier molecular flexibility index (Phi) is 3.84. The number of pyridine rings is 2. The lowest BCUT2D eigenvalue weighted by Crippen LogP contribution is -2.13. The number of fused-ring (bicyclic) bond motifs is 1. The van der Waals surface area contributed by atoms with Crippen LogP contribution in [0.2, 0.25) is 0 Å². The summed E-state index contributed by atoms with van der Waals surface area (Å²) < 4.78 is 0. The zero-order valence-electron chi connectivity index (χ0n) is 13.5. The number of nitriles is 1. The van der Waals surface area contributed by atoms with Gasteiger partial charge in [-0.2, -0.15) is 10.4 Å². The summed E-state index contributed by atoms with van der Waals surface area (Å²) in [5, 5.41) is 19.2. The lowest BCUT2D eigenvalue weighted by atomic mass is 10.0. The second kappa shape index (κ2) is 6.45. The third-order valence-electron chi connectivity index (χ3n) is 3.91. The minimum Gasteiger partial charge on any atom is -0.319 e. The standard InChI is InChI=1S/C19H12N6O/c20-9-14-4-5-15(11-22-14)23-19(26)18-16-8-12(3-6-17(16)24-25-18)13-2-1-7-21-10-13/h1-8,10-11H,(H,23,26)(H,24,25). The number of anilines is 1. The van der Waals surface area contributed by atoms with Crippen molar-refractivity contribution < 1.29 is 4.79 Å². The van der Waals surface area contributed by atoms with Crippen molar-refractivity contribution in [3.05, 3.63) is 72.4 Å². The van der Waals surface area contributed by atoms with Crippen molar-refractivity contribution in [2.75, 3.05) is 5.32 Å². The minimum atomic E-state index is -0.355. The van der Waals surface area contributed by atoms with Gasteiger partial charge in [0.15, 0.2) is 5.69 Å². The van der Waals surface area contributed by atoms with Gasteiger partial charge >= 0.3 is 0 Å². The number of nitrogens with one attached hydrogen (secondary N) is 2. The summed E-state index contributed by atoms with van der Waals surface area (Å²) in [4.78, 5) is 20.7. The molecule has 0 fully saturated rings. The van der Waals surface area contributed by atoms with Crippen molar-refractivity contribution in [3.63, 3.8) is 0 Å². The molecular weight excluding hydrogens is 328 g/mol. The molecule has 0 atom stereocenters. The average Bonchev–Trinajstić information content (AvgIpc) is 3.12. The van der Waals surface area contributed by atoms with E-state index in [4.69, 9.17) is 5.26 Å². The first kappa shape index (κ1) is 15.5. The van der Waals surface area contributed by atoms with E-state index in [1.165, 1.54) is 6.20 Å². The van der Waals surface area contributed by atoms with Crippen LogP contribution in [0.4, 0.5) is 5.69 Å². The first-order valence-corrected chi connectivity index (χ1v) is 7.80. The molecule has 4 rings (SSSR count). The third-order valence-corrected chi connectivity index (χ3v) is 3.91. The fourth-order valence-electron chi connectivity index (χ4n) is 2.62. The fourth-order valence-corrected chi connectivity index (χ4v) is 2.62. The molecule has 0 aliphatic rings. The molecule has 0 saturated carbocycles. The Morgan fingerprint density at radius 1 is 1.12 bits per heavy atom. The Morgan fingerprint density at radius 3 is 2.77 bits per heavy atom. The molecule has 7 nitrogen and oxygen atoms in total. The number of benzene rings is 1. The summed E-state index contributed by atoms with van der Waals surface area (Å²) in [5.74, 6) is -0.355. The molecule has 124 valence electrons. The molecule has 0 unspecified atom stereocenters. The Bertz CT molecular complexity index is 1130. The van der Waals surface area contributed by atoms with Crippen LogP contribution in [0.25, 0.3) is 22.0 Å². The normalized spacial score (nSPS) is 10.4. The molecular formula is C19H12N6O. The van der Waals surface area contributed by atoms with Gasteiger partial charge in [0.25, 0.3) is 5.91 Å². The van der Waals surface area contributed by atoms with Crippen molar-refractivity contribution >= 4 is 22.5 Å². The summed E-state index contributed by atoms with van der Waals surface area (Å²) in [5.41, 5.74) is 3.73. The Hall–Kier alpha value is -4.05. The second-order valence-electron chi connectivity index (χ2n) is 5.57. The smallest absolute Gasteiger partial charge is 0.276 e. The molecule has 3 aromatic heterocycles. The molecule has 2 N–H and O–H groups in total. The van der Waals surface area contributed by atoms with Gasteiger partial charge in [-0.25, -0.2) is 4.98 Å². The van der Waals surface area contributed by atoms with E-state index in [0.29, 0.717) is 11.1 Å². The zero-order valence-corrected chi connectivity index (χ0v) is 13.5. The maximum absolute atomic E-state index is 12.6. The van der Waals surface area contributed by atoms with Crippen LogP contribution in [0.1, 0.15) is 16.2 Å². The largest absolute Gasteiger partial charge is 0.319 e. The number of aromatic amines is 1. The van der Waals surface area contributed by atoms with Gasteiger partial charge in [-0.15, -0.1) is 0 Å². The van der Waals surface area contributed by atoms with Crippen LogP contribution in [0.5, 0.6) is 0 Å². The molecule has 4 aromatic rings. The van der Waals surface area contributed by atoms with E-state index in [9.17, 15) is 4.79 Å². The molecule has 1 aromatic carbocycles. The molecule has 0 aliphatic carbocycles. The Morgan fingerprint density at radius 2 is 2.04 bits per heavy atom. The van der Waals surface area contributed by atoms with E-state index < -0.39 is 0 Å². The molecule has 0 bridgehead atoms. The SMILES string of the molecule is N#Cc1ccc(NC(=O)c2n[nH]c3ccc(-c4cccnc4)cc23)cn1. The fraction of sp³-hybridized carbons (Fsp3) is 0. The monoisotopic (exact) mass is 340 g/mol. The van der Waals surface area contributed by atoms with Crippen LogP contribution in [-0.4, -0.2) is 26.1 Å². The van der Waals surface area contributed by atoms with E-state index in [2.05, 4.69) is 25.5 Å². The van der Waals surface area contributed by atoms with Gasteiger partial charge in [-0.1, -0.05) is 12.1 Å². The molecule has 3 heterocycles. The molecule has 0 saturated heterocycles. The molecule has 1 amide bonds. The Labute approximate surface area is 148 Å². The van der Waals surface area contributed by atoms with E-state index in [-0.39, 0.29) is 17.3 Å². The molecule has 0 spiro atoms. The number of aromatic nitrogens is 4. The molecule has 0 radical (unpaired) electrons. The number of carbonyl (C=O) groups is 1. The Balaban J connectivity index is 1.67. The van der Waals surface area contributed by atoms with E-state index in [0.717, 1.165) is 16.6 Å². The number of hydrogen-bond donors (Lipinski definition) is 2. The van der Waals surface area contributed by atoms with Crippen LogP contribution in [-0.2, 0) is 0 Å². The highest BCUT2D eigenvalue weighted by molar-refractivity contribution is 6.11. The minimum absolute atomic E-state index is 0.286. The van der Waals surface area contributed by atoms with Gasteiger partial charge in [-0.05, 0) is 35.9 Å². The second-order valence-corrected chi connectivity index (χ2v) is 5.57. The van der Waals surface area contributed by atoms with Gasteiger partial charge in [0.1, 0.15) is 11.8 Å². The van der Waals surface area contributed by atoms with Crippen molar-refractivity contribution in [1.82, 2.24) is 20.2 Å². The average molecular weight is 340 g/mol. The number of H-pyrrole nitrogens is 1. The zero-order chi connectivity index (χ0) is 17.9. The number of rotatable bonds is 3. The summed E-state index contributed by atoms with van der Waals surface area (Å²) in [6, 6.07) is 14.6. The van der Waals surface area contributed by atoms with Crippen LogP contribution < -0.4 is 5.32 Å². The van der Waals surface area contributed by atoms with Gasteiger partial charge in [0, 0.05) is 23.3 Å². The summed E-state index contributed by atoms with van der Waals surface area (Å²) in [6.45, 7) is 0. The quantitative estimate of drug-likeness (QED) is 0.596. The number of carbonyl (C=O) groups excluding carboxylic acids is 1. The van der Waals surface area contributed by atoms with Crippen LogP contribution in [0, 0.1) is 11.3 Å². The van der Waals surface area contributed by atoms with E-state index >= 15 is 0 Å². The highest BCUT2D eigenvalue weighted by Gasteiger charge is 2.15. The van der Waals surface area contributed by atoms with Gasteiger partial charge in [0.2, 0.25) is 0 Å². The first-order valence-electron chi connectivity index (χ1n) is 7.80. The summed E-state index contributed by atoms with van der Waals surface area (Å²) in [7, 11) is 0. The topological polar surface area (TPSA) is 107 Å². The van der Waals surface area contributed by atoms with Crippen molar-refractivity contribution in [2.24, 2.45) is 0 Å². The highest BCUT2D eigenvalue weighted by atomic mass is 16.1. The molecule has 26 heavy (non-hydrogen) atoms. The summed E-state index contributed by atoms with van der Waals surface area (Å²) >= 11 is 0. The van der Waals surface area contributed by atoms with Gasteiger partial charge in [-0.3, -0.25) is 14.9 Å². The highest BCUT2D eigenvalue weighted by Crippen LogP contribution is 2.25. The van der Waals surface area contributed by atoms with Crippen molar-refractivity contribution in [2.45, 2.75) is 0 Å². The third kappa shape index (κ3) is 2.87. The maximum Gasteiger partial charge on any atom is 0.276 e. The van der Waals surface area contributed by atoms with Crippen LogP contribution in [0.15, 0.2) is 61.1 Å². The van der Waals surface area contributed by atoms with Crippen LogP contribution >= 0.6 is 0 Å². The summed E-state index contributed by atoms with van der Waals surface area (Å²) in [6.07, 6.45) is 4.92. The predicted molar refractivity (Wildman–Crippen MR) is 96.2 cm³/mol. The van der Waals surface area contributed by atoms with Crippen molar-refractivity contribution in [1.29, 1.82) is 5.26 Å². The number of hydrogen-bond acceptors (Lipinski definition) is 5. The van der Waals surface area contributed by atoms with Gasteiger partial charge in [0.05, 0.1) is 17.4 Å². The van der Waals surface area contributed by atoms with Crippen molar-refractivity contribution in [3.8, 4) is 17.2 Å². The number of amides is 1. The first-order chi connectivity index (χ1) is 12.7. The number of nitrogens with zero attached hydrogens (tertiary/aromatic N) is 4. The van der Waals surface area contributed by atoms with E-state index in [1.807, 2.05) is 36.4 Å². The lowest BCUT2D eigenvalue weighted by Gasteiger charge is -2.04. The molecule has 7 heteroatoms. The van der Waals surface area contributed by atoms with Gasteiger partial charge < -0.3 is 5.32 Å². The molecule has 0 aliphatic heterocycles. The maximum atomic E-state index is 12.6. The lowest BCUT2D eigenvalue weighted by molar-refractivity contribution is 0.102. The van der Waals surface area contributed by atoms with E-state index in [1.54, 1.807) is 24.5 Å². The van der Waals surface area contributed by atoms with Crippen LogP contribution in [0.3, 0.4) is 0 Å². The predicted octanol–water partition coefficient (Wildman–Crippen LogP) is 3.14.